The first kappa shape index (κ1) is 33.9. The van der Waals surface area contributed by atoms with E-state index < -0.39 is 0 Å². The highest BCUT2D eigenvalue weighted by Crippen LogP contribution is 2.61. The SMILES string of the molecule is CC12Cc3c(n(-c4ccc(-c5ccccc5)cc4)c4ccc(-c5ccc6c(c5)c5ccccc5n6-c5ccccc5)cc34)C=C1C(C)(c1ccccc1)c1ccccc12. The number of allylic oxidation sites excluding steroid dienone is 1. The van der Waals surface area contributed by atoms with E-state index in [0.717, 1.165) is 6.42 Å². The molecule has 2 heterocycles. The molecule has 0 saturated heterocycles. The lowest BCUT2D eigenvalue weighted by Gasteiger charge is -2.38. The van der Waals surface area contributed by atoms with Gasteiger partial charge in [0.05, 0.1) is 22.2 Å². The van der Waals surface area contributed by atoms with Crippen LogP contribution in [-0.4, -0.2) is 9.13 Å². The van der Waals surface area contributed by atoms with Gasteiger partial charge in [0.2, 0.25) is 0 Å². The lowest BCUT2D eigenvalue weighted by Crippen LogP contribution is -2.33. The Balaban J connectivity index is 1.08. The molecule has 0 aliphatic heterocycles. The maximum atomic E-state index is 2.57. The molecule has 2 aliphatic carbocycles. The molecular formula is C57H42N2. The Morgan fingerprint density at radius 1 is 0.407 bits per heavy atom. The molecule has 2 aliphatic rings. The number of nitrogens with zero attached hydrogens (tertiary/aromatic N) is 2. The first-order chi connectivity index (χ1) is 29.0. The van der Waals surface area contributed by atoms with Crippen molar-refractivity contribution in [2.24, 2.45) is 0 Å². The fourth-order valence-electron chi connectivity index (χ4n) is 10.9. The topological polar surface area (TPSA) is 9.86 Å². The van der Waals surface area contributed by atoms with Crippen LogP contribution in [0.4, 0.5) is 0 Å². The molecule has 2 heteroatoms. The molecule has 12 rings (SSSR count). The van der Waals surface area contributed by atoms with Crippen LogP contribution in [0.5, 0.6) is 0 Å². The summed E-state index contributed by atoms with van der Waals surface area (Å²) in [5.41, 5.74) is 18.9. The number of benzene rings is 8. The Hall–Kier alpha value is -7.16. The molecule has 0 spiro atoms. The molecule has 0 bridgehead atoms. The first-order valence-electron chi connectivity index (χ1n) is 20.8. The Kier molecular flexibility index (Phi) is 7.29. The second kappa shape index (κ2) is 12.7. The van der Waals surface area contributed by atoms with Gasteiger partial charge in [-0.15, -0.1) is 0 Å². The molecule has 0 saturated carbocycles. The average molecular weight is 755 g/mol. The zero-order valence-electron chi connectivity index (χ0n) is 33.2. The van der Waals surface area contributed by atoms with E-state index in [2.05, 4.69) is 229 Å². The summed E-state index contributed by atoms with van der Waals surface area (Å²) in [6.07, 6.45) is 3.49. The molecule has 0 N–H and O–H groups in total. The van der Waals surface area contributed by atoms with Crippen molar-refractivity contribution in [2.45, 2.75) is 31.1 Å². The van der Waals surface area contributed by atoms with E-state index >= 15 is 0 Å². The molecule has 0 radical (unpaired) electrons. The third-order valence-corrected chi connectivity index (χ3v) is 13.7. The minimum atomic E-state index is -0.262. The van der Waals surface area contributed by atoms with Crippen molar-refractivity contribution >= 4 is 38.8 Å². The van der Waals surface area contributed by atoms with Gasteiger partial charge in [-0.3, -0.25) is 0 Å². The zero-order chi connectivity index (χ0) is 39.3. The average Bonchev–Trinajstić information content (AvgIpc) is 3.87. The van der Waals surface area contributed by atoms with Crippen molar-refractivity contribution in [3.8, 4) is 33.6 Å². The third kappa shape index (κ3) is 4.87. The van der Waals surface area contributed by atoms with Crippen LogP contribution < -0.4 is 0 Å². The van der Waals surface area contributed by atoms with E-state index in [-0.39, 0.29) is 10.8 Å². The van der Waals surface area contributed by atoms with Crippen molar-refractivity contribution < 1.29 is 0 Å². The van der Waals surface area contributed by atoms with Gasteiger partial charge in [0.15, 0.2) is 0 Å². The van der Waals surface area contributed by atoms with E-state index in [9.17, 15) is 0 Å². The van der Waals surface area contributed by atoms with Crippen LogP contribution in [-0.2, 0) is 17.3 Å². The number of para-hydroxylation sites is 2. The lowest BCUT2D eigenvalue weighted by atomic mass is 9.65. The van der Waals surface area contributed by atoms with Crippen LogP contribution >= 0.6 is 0 Å². The largest absolute Gasteiger partial charge is 0.310 e. The minimum absolute atomic E-state index is 0.168. The predicted molar refractivity (Wildman–Crippen MR) is 247 cm³/mol. The van der Waals surface area contributed by atoms with Gasteiger partial charge in [-0.25, -0.2) is 0 Å². The molecule has 280 valence electrons. The van der Waals surface area contributed by atoms with Crippen LogP contribution in [0.1, 0.15) is 41.8 Å². The number of hydrogen-bond donors (Lipinski definition) is 0. The Morgan fingerprint density at radius 2 is 0.932 bits per heavy atom. The fourth-order valence-corrected chi connectivity index (χ4v) is 10.9. The molecule has 2 unspecified atom stereocenters. The Bertz CT molecular complexity index is 3290. The van der Waals surface area contributed by atoms with Crippen LogP contribution in [0, 0.1) is 0 Å². The zero-order valence-corrected chi connectivity index (χ0v) is 33.2. The van der Waals surface area contributed by atoms with Gasteiger partial charge in [-0.1, -0.05) is 153 Å². The summed E-state index contributed by atoms with van der Waals surface area (Å²) in [6, 6.07) is 73.9. The number of rotatable bonds is 5. The highest BCUT2D eigenvalue weighted by Gasteiger charge is 2.54. The standard InChI is InChI=1S/C57H42N2/c1-56-37-48-47-35-41(40-28-32-52-46(34-40)45-22-12-15-25-51(45)58(52)43-20-10-5-11-21-43)29-33-53(47)59(44-30-26-39(27-31-44)38-16-6-3-7-17-38)54(48)36-55(56)57(2,42-18-8-4-9-19-42)50-24-14-13-23-49(50)56/h3-36H,37H2,1-2H3. The third-order valence-electron chi connectivity index (χ3n) is 13.7. The summed E-state index contributed by atoms with van der Waals surface area (Å²) in [5.74, 6) is 0. The number of aromatic nitrogens is 2. The summed E-state index contributed by atoms with van der Waals surface area (Å²) in [5, 5.41) is 3.85. The van der Waals surface area contributed by atoms with Gasteiger partial charge in [-0.05, 0) is 124 Å². The monoisotopic (exact) mass is 754 g/mol. The summed E-state index contributed by atoms with van der Waals surface area (Å²) in [4.78, 5) is 0. The molecule has 2 nitrogen and oxygen atoms in total. The minimum Gasteiger partial charge on any atom is -0.310 e. The molecule has 59 heavy (non-hydrogen) atoms. The van der Waals surface area contributed by atoms with Crippen molar-refractivity contribution in [1.82, 2.24) is 9.13 Å². The normalized spacial score (nSPS) is 18.2. The molecular weight excluding hydrogens is 713 g/mol. The Labute approximate surface area is 345 Å². The summed E-state index contributed by atoms with van der Waals surface area (Å²) in [6.45, 7) is 4.95. The molecule has 0 amide bonds. The quantitative estimate of drug-likeness (QED) is 0.166. The van der Waals surface area contributed by atoms with Gasteiger partial charge in [-0.2, -0.15) is 0 Å². The van der Waals surface area contributed by atoms with E-state index in [4.69, 9.17) is 0 Å². The maximum absolute atomic E-state index is 2.57. The molecule has 2 atom stereocenters. The van der Waals surface area contributed by atoms with Crippen LogP contribution in [0.15, 0.2) is 206 Å². The highest BCUT2D eigenvalue weighted by atomic mass is 15.0. The smallest absolute Gasteiger partial charge is 0.0541 e. The second-order valence-corrected chi connectivity index (χ2v) is 16.9. The number of hydrogen-bond acceptors (Lipinski definition) is 0. The van der Waals surface area contributed by atoms with Gasteiger partial charge in [0.25, 0.3) is 0 Å². The first-order valence-corrected chi connectivity index (χ1v) is 20.8. The highest BCUT2D eigenvalue weighted by molar-refractivity contribution is 6.10. The van der Waals surface area contributed by atoms with Crippen LogP contribution in [0.2, 0.25) is 0 Å². The van der Waals surface area contributed by atoms with Crippen molar-refractivity contribution in [2.75, 3.05) is 0 Å². The van der Waals surface area contributed by atoms with Gasteiger partial charge in [0, 0.05) is 38.4 Å². The van der Waals surface area contributed by atoms with Crippen molar-refractivity contribution in [1.29, 1.82) is 0 Å². The van der Waals surface area contributed by atoms with Crippen molar-refractivity contribution in [3.05, 3.63) is 234 Å². The fraction of sp³-hybridized carbons (Fsp3) is 0.0877. The van der Waals surface area contributed by atoms with Crippen LogP contribution in [0.3, 0.4) is 0 Å². The summed E-state index contributed by atoms with van der Waals surface area (Å²) < 4.78 is 4.92. The van der Waals surface area contributed by atoms with Crippen LogP contribution in [0.25, 0.3) is 72.4 Å². The van der Waals surface area contributed by atoms with Crippen molar-refractivity contribution in [3.63, 3.8) is 0 Å². The van der Waals surface area contributed by atoms with E-state index in [1.807, 2.05) is 0 Å². The lowest BCUT2D eigenvalue weighted by molar-refractivity contribution is 0.523. The molecule has 8 aromatic carbocycles. The van der Waals surface area contributed by atoms with E-state index in [1.54, 1.807) is 0 Å². The second-order valence-electron chi connectivity index (χ2n) is 16.9. The predicted octanol–water partition coefficient (Wildman–Crippen LogP) is 14.3. The Morgan fingerprint density at radius 3 is 1.66 bits per heavy atom. The van der Waals surface area contributed by atoms with E-state index in [1.165, 1.54) is 99.9 Å². The molecule has 10 aromatic rings. The van der Waals surface area contributed by atoms with Gasteiger partial charge >= 0.3 is 0 Å². The number of fused-ring (bicyclic) bond motifs is 9. The van der Waals surface area contributed by atoms with Gasteiger partial charge < -0.3 is 9.13 Å². The van der Waals surface area contributed by atoms with E-state index in [0.29, 0.717) is 0 Å². The van der Waals surface area contributed by atoms with Gasteiger partial charge in [0.1, 0.15) is 0 Å². The summed E-state index contributed by atoms with van der Waals surface area (Å²) >= 11 is 0. The molecule has 0 fully saturated rings. The summed E-state index contributed by atoms with van der Waals surface area (Å²) in [7, 11) is 0. The maximum Gasteiger partial charge on any atom is 0.0541 e. The molecule has 2 aromatic heterocycles.